The number of benzene rings is 1. The zero-order valence-electron chi connectivity index (χ0n) is 23.3. The summed E-state index contributed by atoms with van der Waals surface area (Å²) >= 11 is 0. The van der Waals surface area contributed by atoms with Crippen molar-refractivity contribution in [1.29, 1.82) is 0 Å². The Kier molecular flexibility index (Phi) is 10.3. The van der Waals surface area contributed by atoms with E-state index in [0.717, 1.165) is 24.8 Å². The fraction of sp³-hybridized carbons (Fsp3) is 0.552. The molecule has 1 aromatic heterocycles. The highest BCUT2D eigenvalue weighted by Gasteiger charge is 2.43. The lowest BCUT2D eigenvalue weighted by Crippen LogP contribution is -2.52. The van der Waals surface area contributed by atoms with Crippen LogP contribution < -0.4 is 10.1 Å². The number of carbonyl (C=O) groups is 3. The van der Waals surface area contributed by atoms with Crippen LogP contribution in [0.5, 0.6) is 5.88 Å². The molecule has 0 radical (unpaired) electrons. The molecule has 3 rings (SSSR count). The molecule has 212 valence electrons. The lowest BCUT2D eigenvalue weighted by molar-refractivity contribution is -0.149. The highest BCUT2D eigenvalue weighted by Crippen LogP contribution is 2.27. The number of carboxylic acid groups (broad SMARTS) is 1. The van der Waals surface area contributed by atoms with Crippen molar-refractivity contribution in [3.05, 3.63) is 42.6 Å². The molecule has 1 aliphatic heterocycles. The Balaban J connectivity index is 1.78. The van der Waals surface area contributed by atoms with Crippen LogP contribution in [0, 0.1) is 0 Å². The average Bonchev–Trinajstić information content (AvgIpc) is 3.30. The smallest absolute Gasteiger partial charge is 0.408 e. The Labute approximate surface area is 229 Å². The number of rotatable bonds is 12. The van der Waals surface area contributed by atoms with Crippen molar-refractivity contribution in [3.63, 3.8) is 0 Å². The van der Waals surface area contributed by atoms with Gasteiger partial charge in [0.1, 0.15) is 29.5 Å². The molecule has 2 amide bonds. The molecule has 39 heavy (non-hydrogen) atoms. The van der Waals surface area contributed by atoms with E-state index in [1.165, 1.54) is 4.90 Å². The van der Waals surface area contributed by atoms with Crippen LogP contribution in [0.1, 0.15) is 71.9 Å². The zero-order chi connectivity index (χ0) is 28.6. The quantitative estimate of drug-likeness (QED) is 0.294. The number of aromatic nitrogens is 2. The van der Waals surface area contributed by atoms with Gasteiger partial charge in [0.15, 0.2) is 0 Å². The first-order valence-electron chi connectivity index (χ1n) is 13.6. The summed E-state index contributed by atoms with van der Waals surface area (Å²) < 4.78 is 11.5. The highest BCUT2D eigenvalue weighted by atomic mass is 16.6. The van der Waals surface area contributed by atoms with Crippen LogP contribution in [0.3, 0.4) is 0 Å². The maximum atomic E-state index is 13.7. The number of aryl methyl sites for hydroxylation is 1. The van der Waals surface area contributed by atoms with Crippen molar-refractivity contribution < 1.29 is 29.0 Å². The van der Waals surface area contributed by atoms with E-state index in [1.54, 1.807) is 20.8 Å². The molecule has 10 nitrogen and oxygen atoms in total. The number of amides is 2. The number of hydrogen-bond donors (Lipinski definition) is 2. The lowest BCUT2D eigenvalue weighted by Gasteiger charge is -2.28. The van der Waals surface area contributed by atoms with Crippen molar-refractivity contribution in [2.24, 2.45) is 0 Å². The highest BCUT2D eigenvalue weighted by molar-refractivity contribution is 5.90. The standard InChI is InChI=1S/C29H40N4O6/c1-6-8-9-10-11-16-23(32-28(37)39-29(3,4)5)26(34)33-18-19(17-24(33)27(35)36)38-25-20(7-2)30-21-14-12-13-15-22(21)31-25/h6,12-15,19,23-24H,1,7-11,16-18H2,2-5H3,(H,32,37)(H,35,36)/t19-,23+,24+/m1/s1. The first-order valence-corrected chi connectivity index (χ1v) is 13.6. The number of hydrogen-bond acceptors (Lipinski definition) is 7. The number of nitrogens with zero attached hydrogens (tertiary/aromatic N) is 3. The lowest BCUT2D eigenvalue weighted by atomic mass is 10.1. The summed E-state index contributed by atoms with van der Waals surface area (Å²) in [6.07, 6.45) is 4.87. The van der Waals surface area contributed by atoms with Crippen molar-refractivity contribution >= 4 is 29.0 Å². The Hall–Kier alpha value is -3.69. The monoisotopic (exact) mass is 540 g/mol. The van der Waals surface area contributed by atoms with Gasteiger partial charge in [0.25, 0.3) is 0 Å². The Morgan fingerprint density at radius 1 is 1.18 bits per heavy atom. The molecule has 2 N–H and O–H groups in total. The molecule has 2 heterocycles. The molecule has 1 aliphatic rings. The van der Waals surface area contributed by atoms with Crippen LogP contribution in [-0.4, -0.2) is 68.3 Å². The van der Waals surface area contributed by atoms with Crippen molar-refractivity contribution in [2.45, 2.75) is 96.4 Å². The predicted octanol–water partition coefficient (Wildman–Crippen LogP) is 4.65. The molecule has 0 bridgehead atoms. The van der Waals surface area contributed by atoms with Gasteiger partial charge in [-0.25, -0.2) is 19.6 Å². The van der Waals surface area contributed by atoms with E-state index in [4.69, 9.17) is 9.47 Å². The van der Waals surface area contributed by atoms with Crippen LogP contribution in [0.2, 0.25) is 0 Å². The van der Waals surface area contributed by atoms with Crippen LogP contribution >= 0.6 is 0 Å². The van der Waals surface area contributed by atoms with Gasteiger partial charge in [0.2, 0.25) is 11.8 Å². The first kappa shape index (κ1) is 29.9. The Bertz CT molecular complexity index is 1180. The minimum absolute atomic E-state index is 0.0520. The molecular weight excluding hydrogens is 500 g/mol. The molecule has 10 heteroatoms. The molecule has 0 aliphatic carbocycles. The van der Waals surface area contributed by atoms with Crippen LogP contribution in [0.15, 0.2) is 36.9 Å². The summed E-state index contributed by atoms with van der Waals surface area (Å²) in [7, 11) is 0. The summed E-state index contributed by atoms with van der Waals surface area (Å²) in [6, 6.07) is 5.44. The summed E-state index contributed by atoms with van der Waals surface area (Å²) in [5, 5.41) is 12.6. The van der Waals surface area contributed by atoms with E-state index >= 15 is 0 Å². The third-order valence-corrected chi connectivity index (χ3v) is 6.44. The molecule has 0 unspecified atom stereocenters. The molecule has 1 fully saturated rings. The Morgan fingerprint density at radius 3 is 2.49 bits per heavy atom. The van der Waals surface area contributed by atoms with Gasteiger partial charge in [-0.05, 0) is 58.6 Å². The van der Waals surface area contributed by atoms with Gasteiger partial charge in [-0.15, -0.1) is 6.58 Å². The van der Waals surface area contributed by atoms with Gasteiger partial charge in [-0.3, -0.25) is 4.79 Å². The number of carboxylic acids is 1. The van der Waals surface area contributed by atoms with E-state index in [0.29, 0.717) is 36.4 Å². The first-order chi connectivity index (χ1) is 18.5. The fourth-order valence-electron chi connectivity index (χ4n) is 4.58. The SMILES string of the molecule is C=CCCCCC[C@H](NC(=O)OC(C)(C)C)C(=O)N1C[C@H](Oc2nc3ccccc3nc2CC)C[C@H]1C(=O)O. The minimum Gasteiger partial charge on any atom is -0.480 e. The van der Waals surface area contributed by atoms with Gasteiger partial charge >= 0.3 is 12.1 Å². The number of nitrogens with one attached hydrogen (secondary N) is 1. The molecular formula is C29H40N4O6. The van der Waals surface area contributed by atoms with Crippen molar-refractivity contribution in [3.8, 4) is 5.88 Å². The van der Waals surface area contributed by atoms with Gasteiger partial charge < -0.3 is 24.8 Å². The molecule has 2 aromatic rings. The third kappa shape index (κ3) is 8.40. The van der Waals surface area contributed by atoms with Gasteiger partial charge in [0, 0.05) is 6.42 Å². The van der Waals surface area contributed by atoms with E-state index in [-0.39, 0.29) is 13.0 Å². The fourth-order valence-corrected chi connectivity index (χ4v) is 4.58. The number of unbranched alkanes of at least 4 members (excludes halogenated alkanes) is 3. The summed E-state index contributed by atoms with van der Waals surface area (Å²) in [5.74, 6) is -1.26. The Morgan fingerprint density at radius 2 is 1.87 bits per heavy atom. The van der Waals surface area contributed by atoms with Crippen LogP contribution in [-0.2, 0) is 20.7 Å². The number of likely N-dealkylation sites (tertiary alicyclic amines) is 1. The number of allylic oxidation sites excluding steroid dienone is 1. The third-order valence-electron chi connectivity index (χ3n) is 6.44. The molecule has 3 atom stereocenters. The summed E-state index contributed by atoms with van der Waals surface area (Å²) in [5.41, 5.74) is 1.34. The maximum Gasteiger partial charge on any atom is 0.408 e. The van der Waals surface area contributed by atoms with E-state index in [9.17, 15) is 19.5 Å². The zero-order valence-corrected chi connectivity index (χ0v) is 23.3. The van der Waals surface area contributed by atoms with Crippen molar-refractivity contribution in [2.75, 3.05) is 6.54 Å². The largest absolute Gasteiger partial charge is 0.480 e. The second-order valence-electron chi connectivity index (χ2n) is 10.8. The number of para-hydroxylation sites is 2. The molecule has 1 aromatic carbocycles. The second kappa shape index (κ2) is 13.4. The molecule has 0 spiro atoms. The number of fused-ring (bicyclic) bond motifs is 1. The minimum atomic E-state index is -1.13. The number of aliphatic carboxylic acids is 1. The van der Waals surface area contributed by atoms with E-state index in [1.807, 2.05) is 37.3 Å². The van der Waals surface area contributed by atoms with E-state index < -0.39 is 41.8 Å². The molecule has 1 saturated heterocycles. The average molecular weight is 541 g/mol. The second-order valence-corrected chi connectivity index (χ2v) is 10.8. The molecule has 0 saturated carbocycles. The van der Waals surface area contributed by atoms with Gasteiger partial charge in [-0.1, -0.05) is 38.0 Å². The van der Waals surface area contributed by atoms with Crippen LogP contribution in [0.4, 0.5) is 4.79 Å². The number of carbonyl (C=O) groups excluding carboxylic acids is 2. The predicted molar refractivity (Wildman–Crippen MR) is 148 cm³/mol. The number of alkyl carbamates (subject to hydrolysis) is 1. The maximum absolute atomic E-state index is 13.7. The number of ether oxygens (including phenoxy) is 2. The summed E-state index contributed by atoms with van der Waals surface area (Å²) in [4.78, 5) is 48.9. The normalized spacial score (nSPS) is 18.0. The topological polar surface area (TPSA) is 131 Å². The van der Waals surface area contributed by atoms with E-state index in [2.05, 4.69) is 21.9 Å². The van der Waals surface area contributed by atoms with Gasteiger partial charge in [-0.2, -0.15) is 0 Å². The van der Waals surface area contributed by atoms with Crippen molar-refractivity contribution in [1.82, 2.24) is 20.2 Å². The van der Waals surface area contributed by atoms with Crippen LogP contribution in [0.25, 0.3) is 11.0 Å². The summed E-state index contributed by atoms with van der Waals surface area (Å²) in [6.45, 7) is 10.9. The van der Waals surface area contributed by atoms with Gasteiger partial charge in [0.05, 0.1) is 17.6 Å².